The van der Waals surface area contributed by atoms with Gasteiger partial charge in [-0.05, 0) is 30.2 Å². The average molecular weight is 308 g/mol. The number of rotatable bonds is 3. The van der Waals surface area contributed by atoms with E-state index in [0.717, 1.165) is 5.56 Å². The zero-order valence-corrected chi connectivity index (χ0v) is 11.7. The standard InChI is InChI=1S/C15H12ClF2N3/c16-11-7-14-13(8-12(11)18)20-15(19)21(14)5-4-9-2-1-3-10(17)6-9/h1-3,6-8H,4-5H2,(H2,19,20). The first kappa shape index (κ1) is 13.8. The van der Waals surface area contributed by atoms with Gasteiger partial charge in [-0.1, -0.05) is 23.7 Å². The predicted octanol–water partition coefficient (Wildman–Crippen LogP) is 3.79. The van der Waals surface area contributed by atoms with Gasteiger partial charge in [-0.25, -0.2) is 13.8 Å². The van der Waals surface area contributed by atoms with Gasteiger partial charge in [0.15, 0.2) is 0 Å². The number of aromatic nitrogens is 2. The molecular formula is C15H12ClF2N3. The summed E-state index contributed by atoms with van der Waals surface area (Å²) < 4.78 is 28.3. The number of hydrogen-bond donors (Lipinski definition) is 1. The SMILES string of the molecule is Nc1nc2cc(F)c(Cl)cc2n1CCc1cccc(F)c1. The summed E-state index contributed by atoms with van der Waals surface area (Å²) in [6.45, 7) is 0.508. The Morgan fingerprint density at radius 1 is 1.19 bits per heavy atom. The maximum atomic E-state index is 13.4. The molecule has 0 aliphatic carbocycles. The molecule has 1 aromatic heterocycles. The molecule has 0 radical (unpaired) electrons. The van der Waals surface area contributed by atoms with E-state index in [1.165, 1.54) is 24.3 Å². The summed E-state index contributed by atoms with van der Waals surface area (Å²) in [6.07, 6.45) is 0.586. The number of fused-ring (bicyclic) bond motifs is 1. The third kappa shape index (κ3) is 2.69. The monoisotopic (exact) mass is 307 g/mol. The molecule has 0 aliphatic rings. The second-order valence-electron chi connectivity index (χ2n) is 4.76. The van der Waals surface area contributed by atoms with Gasteiger partial charge in [0.1, 0.15) is 11.6 Å². The van der Waals surface area contributed by atoms with E-state index in [-0.39, 0.29) is 16.8 Å². The summed E-state index contributed by atoms with van der Waals surface area (Å²) >= 11 is 5.80. The highest BCUT2D eigenvalue weighted by molar-refractivity contribution is 6.31. The number of nitrogen functional groups attached to an aromatic ring is 1. The van der Waals surface area contributed by atoms with Crippen molar-refractivity contribution in [1.82, 2.24) is 9.55 Å². The van der Waals surface area contributed by atoms with Crippen molar-refractivity contribution >= 4 is 28.6 Å². The highest BCUT2D eigenvalue weighted by atomic mass is 35.5. The fourth-order valence-electron chi connectivity index (χ4n) is 2.31. The maximum absolute atomic E-state index is 13.4. The van der Waals surface area contributed by atoms with Crippen molar-refractivity contribution in [3.05, 3.63) is 58.6 Å². The van der Waals surface area contributed by atoms with Gasteiger partial charge in [0, 0.05) is 12.6 Å². The van der Waals surface area contributed by atoms with Crippen molar-refractivity contribution in [1.29, 1.82) is 0 Å². The van der Waals surface area contributed by atoms with Crippen LogP contribution in [0.3, 0.4) is 0 Å². The normalized spacial score (nSPS) is 11.2. The van der Waals surface area contributed by atoms with Crippen LogP contribution in [0.4, 0.5) is 14.7 Å². The molecule has 0 amide bonds. The van der Waals surface area contributed by atoms with E-state index in [9.17, 15) is 8.78 Å². The summed E-state index contributed by atoms with van der Waals surface area (Å²) in [5, 5.41) is 0.0226. The van der Waals surface area contributed by atoms with E-state index in [0.29, 0.717) is 24.0 Å². The number of anilines is 1. The quantitative estimate of drug-likeness (QED) is 0.800. The Morgan fingerprint density at radius 3 is 2.76 bits per heavy atom. The van der Waals surface area contributed by atoms with Crippen LogP contribution in [-0.2, 0) is 13.0 Å². The third-order valence-electron chi connectivity index (χ3n) is 3.33. The number of nitrogens with zero attached hydrogens (tertiary/aromatic N) is 2. The van der Waals surface area contributed by atoms with Gasteiger partial charge in [0.25, 0.3) is 0 Å². The molecule has 0 fully saturated rings. The first-order valence-electron chi connectivity index (χ1n) is 6.40. The lowest BCUT2D eigenvalue weighted by molar-refractivity contribution is 0.622. The molecule has 3 rings (SSSR count). The summed E-state index contributed by atoms with van der Waals surface area (Å²) in [5.41, 5.74) is 7.83. The Morgan fingerprint density at radius 2 is 2.00 bits per heavy atom. The van der Waals surface area contributed by atoms with E-state index in [2.05, 4.69) is 4.98 Å². The average Bonchev–Trinajstić information content (AvgIpc) is 2.72. The highest BCUT2D eigenvalue weighted by Crippen LogP contribution is 2.25. The number of imidazole rings is 1. The van der Waals surface area contributed by atoms with Gasteiger partial charge in [-0.2, -0.15) is 0 Å². The summed E-state index contributed by atoms with van der Waals surface area (Å²) in [5.74, 6) is -0.525. The molecule has 0 unspecified atom stereocenters. The van der Waals surface area contributed by atoms with Gasteiger partial charge < -0.3 is 10.3 Å². The molecule has 108 valence electrons. The third-order valence-corrected chi connectivity index (χ3v) is 3.62. The van der Waals surface area contributed by atoms with Crippen molar-refractivity contribution < 1.29 is 8.78 Å². The van der Waals surface area contributed by atoms with E-state index in [4.69, 9.17) is 17.3 Å². The Labute approximate surface area is 125 Å². The lowest BCUT2D eigenvalue weighted by atomic mass is 10.1. The maximum Gasteiger partial charge on any atom is 0.201 e. The second kappa shape index (κ2) is 5.33. The van der Waals surface area contributed by atoms with Crippen molar-refractivity contribution in [3.8, 4) is 0 Å². The topological polar surface area (TPSA) is 43.8 Å². The van der Waals surface area contributed by atoms with Crippen LogP contribution >= 0.6 is 11.6 Å². The molecule has 0 aliphatic heterocycles. The van der Waals surface area contributed by atoms with E-state index >= 15 is 0 Å². The van der Waals surface area contributed by atoms with Crippen LogP contribution in [0.25, 0.3) is 11.0 Å². The minimum absolute atomic E-state index is 0.0226. The number of benzene rings is 2. The van der Waals surface area contributed by atoms with E-state index in [1.807, 2.05) is 6.07 Å². The van der Waals surface area contributed by atoms with Gasteiger partial charge in [-0.15, -0.1) is 0 Å². The first-order chi connectivity index (χ1) is 10.0. The lowest BCUT2D eigenvalue weighted by Gasteiger charge is -2.07. The van der Waals surface area contributed by atoms with Crippen LogP contribution in [0.15, 0.2) is 36.4 Å². The molecule has 0 atom stereocenters. The molecule has 0 bridgehead atoms. The zero-order chi connectivity index (χ0) is 15.0. The second-order valence-corrected chi connectivity index (χ2v) is 5.16. The molecule has 0 saturated heterocycles. The zero-order valence-electron chi connectivity index (χ0n) is 11.0. The van der Waals surface area contributed by atoms with Gasteiger partial charge in [-0.3, -0.25) is 0 Å². The number of nitrogens with two attached hydrogens (primary N) is 1. The molecule has 21 heavy (non-hydrogen) atoms. The molecule has 1 heterocycles. The number of hydrogen-bond acceptors (Lipinski definition) is 2. The van der Waals surface area contributed by atoms with Crippen LogP contribution in [0.1, 0.15) is 5.56 Å². The Bertz CT molecular complexity index is 814. The van der Waals surface area contributed by atoms with Crippen molar-refractivity contribution in [2.24, 2.45) is 0 Å². The molecule has 0 spiro atoms. The van der Waals surface area contributed by atoms with Crippen LogP contribution in [0.2, 0.25) is 5.02 Å². The minimum Gasteiger partial charge on any atom is -0.369 e. The van der Waals surface area contributed by atoms with Crippen molar-refractivity contribution in [2.75, 3.05) is 5.73 Å². The first-order valence-corrected chi connectivity index (χ1v) is 6.77. The molecule has 2 N–H and O–H groups in total. The molecular weight excluding hydrogens is 296 g/mol. The fraction of sp³-hybridized carbons (Fsp3) is 0.133. The van der Waals surface area contributed by atoms with E-state index < -0.39 is 5.82 Å². The Kier molecular flexibility index (Phi) is 3.51. The van der Waals surface area contributed by atoms with Gasteiger partial charge in [0.2, 0.25) is 5.95 Å². The smallest absolute Gasteiger partial charge is 0.201 e. The molecule has 3 nitrogen and oxygen atoms in total. The summed E-state index contributed by atoms with van der Waals surface area (Å²) in [7, 11) is 0. The highest BCUT2D eigenvalue weighted by Gasteiger charge is 2.11. The molecule has 3 aromatic rings. The Balaban J connectivity index is 1.93. The number of aryl methyl sites for hydroxylation is 2. The van der Waals surface area contributed by atoms with Crippen molar-refractivity contribution in [3.63, 3.8) is 0 Å². The van der Waals surface area contributed by atoms with Gasteiger partial charge >= 0.3 is 0 Å². The van der Waals surface area contributed by atoms with Crippen LogP contribution in [0, 0.1) is 11.6 Å². The van der Waals surface area contributed by atoms with Crippen LogP contribution in [0.5, 0.6) is 0 Å². The minimum atomic E-state index is -0.529. The Hall–Kier alpha value is -2.14. The molecule has 0 saturated carbocycles. The van der Waals surface area contributed by atoms with Crippen LogP contribution in [-0.4, -0.2) is 9.55 Å². The molecule has 6 heteroatoms. The fourth-order valence-corrected chi connectivity index (χ4v) is 2.47. The summed E-state index contributed by atoms with van der Waals surface area (Å²) in [6, 6.07) is 9.13. The predicted molar refractivity (Wildman–Crippen MR) is 79.2 cm³/mol. The van der Waals surface area contributed by atoms with Gasteiger partial charge in [0.05, 0.1) is 16.1 Å². The largest absolute Gasteiger partial charge is 0.369 e. The lowest BCUT2D eigenvalue weighted by Crippen LogP contribution is -2.05. The summed E-state index contributed by atoms with van der Waals surface area (Å²) in [4.78, 5) is 4.11. The van der Waals surface area contributed by atoms with E-state index in [1.54, 1.807) is 10.6 Å². The number of halogens is 3. The van der Waals surface area contributed by atoms with Crippen LogP contribution < -0.4 is 5.73 Å². The van der Waals surface area contributed by atoms with Crippen molar-refractivity contribution in [2.45, 2.75) is 13.0 Å². The molecule has 2 aromatic carbocycles.